The number of alkyl halides is 1. The van der Waals surface area contributed by atoms with Gasteiger partial charge in [0, 0.05) is 13.1 Å². The Morgan fingerprint density at radius 1 is 1.40 bits per heavy atom. The molecule has 0 aliphatic carbocycles. The van der Waals surface area contributed by atoms with Crippen LogP contribution in [0.15, 0.2) is 0 Å². The molecule has 10 heavy (non-hydrogen) atoms. The summed E-state index contributed by atoms with van der Waals surface area (Å²) in [5.74, 6) is 0. The fourth-order valence-corrected chi connectivity index (χ4v) is 1.32. The van der Waals surface area contributed by atoms with Crippen LogP contribution >= 0.6 is 0 Å². The van der Waals surface area contributed by atoms with E-state index in [1.807, 2.05) is 0 Å². The Kier molecular flexibility index (Phi) is 3.09. The van der Waals surface area contributed by atoms with Crippen molar-refractivity contribution in [1.82, 2.24) is 4.90 Å². The van der Waals surface area contributed by atoms with Gasteiger partial charge >= 0.3 is 0 Å². The maximum absolute atomic E-state index is 12.6. The van der Waals surface area contributed by atoms with E-state index in [9.17, 15) is 4.39 Å². The van der Waals surface area contributed by atoms with E-state index in [1.54, 1.807) is 0 Å². The van der Waals surface area contributed by atoms with Gasteiger partial charge in [-0.05, 0) is 25.9 Å². The van der Waals surface area contributed by atoms with Crippen molar-refractivity contribution in [3.63, 3.8) is 0 Å². The smallest absolute Gasteiger partial charge is 0.125 e. The molecule has 1 unspecified atom stereocenters. The Hall–Kier alpha value is -0.150. The molecular formula is C7H15FN2. The van der Waals surface area contributed by atoms with Crippen molar-refractivity contribution in [2.75, 3.05) is 26.2 Å². The SMILES string of the molecule is NCC(F)CN1CCCC1. The van der Waals surface area contributed by atoms with Gasteiger partial charge < -0.3 is 10.6 Å². The topological polar surface area (TPSA) is 29.3 Å². The monoisotopic (exact) mass is 146 g/mol. The van der Waals surface area contributed by atoms with Crippen LogP contribution in [0.2, 0.25) is 0 Å². The molecule has 0 aromatic carbocycles. The van der Waals surface area contributed by atoms with Gasteiger partial charge in [-0.1, -0.05) is 0 Å². The summed E-state index contributed by atoms with van der Waals surface area (Å²) in [6, 6.07) is 0. The van der Waals surface area contributed by atoms with E-state index >= 15 is 0 Å². The second-order valence-electron chi connectivity index (χ2n) is 2.84. The highest BCUT2D eigenvalue weighted by molar-refractivity contribution is 4.70. The first-order valence-corrected chi connectivity index (χ1v) is 3.89. The first kappa shape index (κ1) is 7.95. The zero-order valence-electron chi connectivity index (χ0n) is 6.22. The van der Waals surface area contributed by atoms with Crippen molar-refractivity contribution >= 4 is 0 Å². The minimum Gasteiger partial charge on any atom is -0.328 e. The summed E-state index contributed by atoms with van der Waals surface area (Å²) in [6.45, 7) is 2.81. The maximum Gasteiger partial charge on any atom is 0.125 e. The molecule has 0 aromatic rings. The lowest BCUT2D eigenvalue weighted by Gasteiger charge is -2.15. The van der Waals surface area contributed by atoms with Gasteiger partial charge in [0.25, 0.3) is 0 Å². The Morgan fingerprint density at radius 2 is 2.00 bits per heavy atom. The number of nitrogens with zero attached hydrogens (tertiary/aromatic N) is 1. The van der Waals surface area contributed by atoms with E-state index in [4.69, 9.17) is 5.73 Å². The zero-order valence-corrected chi connectivity index (χ0v) is 6.22. The minimum absolute atomic E-state index is 0.163. The molecule has 1 fully saturated rings. The van der Waals surface area contributed by atoms with Gasteiger partial charge in [-0.15, -0.1) is 0 Å². The van der Waals surface area contributed by atoms with E-state index < -0.39 is 6.17 Å². The lowest BCUT2D eigenvalue weighted by atomic mass is 10.3. The predicted octanol–water partition coefficient (Wildman–Crippen LogP) is 0.379. The molecule has 0 amide bonds. The van der Waals surface area contributed by atoms with Crippen molar-refractivity contribution < 1.29 is 4.39 Å². The van der Waals surface area contributed by atoms with E-state index in [2.05, 4.69) is 4.90 Å². The summed E-state index contributed by atoms with van der Waals surface area (Å²) in [5, 5.41) is 0. The third-order valence-electron chi connectivity index (χ3n) is 1.91. The quantitative estimate of drug-likeness (QED) is 0.623. The number of hydrogen-bond acceptors (Lipinski definition) is 2. The van der Waals surface area contributed by atoms with Crippen molar-refractivity contribution in [2.24, 2.45) is 5.73 Å². The average molecular weight is 146 g/mol. The van der Waals surface area contributed by atoms with Crippen LogP contribution in [0.25, 0.3) is 0 Å². The molecule has 0 aromatic heterocycles. The fourth-order valence-electron chi connectivity index (χ4n) is 1.32. The Balaban J connectivity index is 2.11. The maximum atomic E-state index is 12.6. The van der Waals surface area contributed by atoms with Crippen LogP contribution in [-0.4, -0.2) is 37.3 Å². The van der Waals surface area contributed by atoms with Gasteiger partial charge in [-0.25, -0.2) is 4.39 Å². The van der Waals surface area contributed by atoms with Crippen LogP contribution in [0.1, 0.15) is 12.8 Å². The first-order chi connectivity index (χ1) is 4.83. The summed E-state index contributed by atoms with van der Waals surface area (Å²) in [6.07, 6.45) is 1.62. The van der Waals surface area contributed by atoms with Crippen LogP contribution in [0, 0.1) is 0 Å². The minimum atomic E-state index is -0.821. The molecule has 1 aliphatic rings. The van der Waals surface area contributed by atoms with Crippen molar-refractivity contribution in [2.45, 2.75) is 19.0 Å². The summed E-state index contributed by atoms with van der Waals surface area (Å²) in [7, 11) is 0. The lowest BCUT2D eigenvalue weighted by Crippen LogP contribution is -2.31. The molecule has 3 heteroatoms. The standard InChI is InChI=1S/C7H15FN2/c8-7(5-9)6-10-3-1-2-4-10/h7H,1-6,9H2. The van der Waals surface area contributed by atoms with Crippen LogP contribution < -0.4 is 5.73 Å². The number of likely N-dealkylation sites (tertiary alicyclic amines) is 1. The summed E-state index contributed by atoms with van der Waals surface area (Å²) >= 11 is 0. The van der Waals surface area contributed by atoms with Crippen LogP contribution in [0.3, 0.4) is 0 Å². The molecule has 1 saturated heterocycles. The molecule has 0 radical (unpaired) electrons. The highest BCUT2D eigenvalue weighted by atomic mass is 19.1. The summed E-state index contributed by atoms with van der Waals surface area (Å²) in [4.78, 5) is 2.14. The lowest BCUT2D eigenvalue weighted by molar-refractivity contribution is 0.225. The first-order valence-electron chi connectivity index (χ1n) is 3.89. The second-order valence-corrected chi connectivity index (χ2v) is 2.84. The normalized spacial score (nSPS) is 23.4. The molecule has 0 spiro atoms. The van der Waals surface area contributed by atoms with Crippen LogP contribution in [0.5, 0.6) is 0 Å². The Labute approximate surface area is 61.2 Å². The molecule has 2 N–H and O–H groups in total. The van der Waals surface area contributed by atoms with Gasteiger partial charge in [0.15, 0.2) is 0 Å². The number of rotatable bonds is 3. The summed E-state index contributed by atoms with van der Waals surface area (Å²) in [5.41, 5.74) is 5.15. The largest absolute Gasteiger partial charge is 0.328 e. The zero-order chi connectivity index (χ0) is 7.40. The van der Waals surface area contributed by atoms with Gasteiger partial charge in [0.1, 0.15) is 6.17 Å². The van der Waals surface area contributed by atoms with Crippen LogP contribution in [-0.2, 0) is 0 Å². The van der Waals surface area contributed by atoms with Crippen molar-refractivity contribution in [3.05, 3.63) is 0 Å². The molecule has 0 saturated carbocycles. The van der Waals surface area contributed by atoms with Gasteiger partial charge in [0.2, 0.25) is 0 Å². The third-order valence-corrected chi connectivity index (χ3v) is 1.91. The van der Waals surface area contributed by atoms with Crippen molar-refractivity contribution in [3.8, 4) is 0 Å². The van der Waals surface area contributed by atoms with E-state index in [-0.39, 0.29) is 6.54 Å². The second kappa shape index (κ2) is 3.88. The summed E-state index contributed by atoms with van der Waals surface area (Å²) < 4.78 is 12.6. The highest BCUT2D eigenvalue weighted by Crippen LogP contribution is 2.07. The fraction of sp³-hybridized carbons (Fsp3) is 1.00. The molecular weight excluding hydrogens is 131 g/mol. The van der Waals surface area contributed by atoms with Gasteiger partial charge in [-0.2, -0.15) is 0 Å². The molecule has 1 heterocycles. The molecule has 2 nitrogen and oxygen atoms in total. The highest BCUT2D eigenvalue weighted by Gasteiger charge is 2.15. The van der Waals surface area contributed by atoms with Gasteiger partial charge in [-0.3, -0.25) is 0 Å². The molecule has 0 bridgehead atoms. The number of nitrogens with two attached hydrogens (primary N) is 1. The number of hydrogen-bond donors (Lipinski definition) is 1. The third kappa shape index (κ3) is 2.23. The average Bonchev–Trinajstić information content (AvgIpc) is 2.40. The van der Waals surface area contributed by atoms with Crippen LogP contribution in [0.4, 0.5) is 4.39 Å². The Bertz CT molecular complexity index is 91.6. The predicted molar refractivity (Wildman–Crippen MR) is 39.6 cm³/mol. The van der Waals surface area contributed by atoms with Gasteiger partial charge in [0.05, 0.1) is 0 Å². The molecule has 60 valence electrons. The number of halogens is 1. The van der Waals surface area contributed by atoms with E-state index in [1.165, 1.54) is 12.8 Å². The van der Waals surface area contributed by atoms with Crippen molar-refractivity contribution in [1.29, 1.82) is 0 Å². The van der Waals surface area contributed by atoms with E-state index in [0.29, 0.717) is 6.54 Å². The molecule has 1 rings (SSSR count). The molecule has 1 aliphatic heterocycles. The molecule has 1 atom stereocenters. The van der Waals surface area contributed by atoms with E-state index in [0.717, 1.165) is 13.1 Å². The Morgan fingerprint density at radius 3 is 2.50 bits per heavy atom.